The number of furan rings is 1. The second kappa shape index (κ2) is 6.91. The lowest BCUT2D eigenvalue weighted by Crippen LogP contribution is -2.24. The van der Waals surface area contributed by atoms with Gasteiger partial charge < -0.3 is 9.73 Å². The Bertz CT molecular complexity index is 782. The van der Waals surface area contributed by atoms with Crippen molar-refractivity contribution in [3.05, 3.63) is 53.5 Å². The molecule has 23 heavy (non-hydrogen) atoms. The van der Waals surface area contributed by atoms with Crippen molar-refractivity contribution in [2.45, 2.75) is 30.5 Å². The summed E-state index contributed by atoms with van der Waals surface area (Å²) >= 11 is 0. The van der Waals surface area contributed by atoms with Crippen LogP contribution in [0.3, 0.4) is 0 Å². The van der Waals surface area contributed by atoms with Gasteiger partial charge in [0.15, 0.2) is 0 Å². The average molecular weight is 343 g/mol. The lowest BCUT2D eigenvalue weighted by molar-refractivity contribution is -0.120. The summed E-state index contributed by atoms with van der Waals surface area (Å²) < 4.78 is 52.5. The quantitative estimate of drug-likeness (QED) is 0.874. The minimum absolute atomic E-state index is 0.0197. The molecule has 1 aromatic heterocycles. The van der Waals surface area contributed by atoms with Crippen LogP contribution in [0.25, 0.3) is 0 Å². The smallest absolute Gasteiger partial charge is 0.341 e. The van der Waals surface area contributed by atoms with Crippen LogP contribution in [-0.2, 0) is 27.6 Å². The van der Waals surface area contributed by atoms with Gasteiger partial charge in [0, 0.05) is 12.1 Å². The molecular weight excluding hydrogens is 328 g/mol. The van der Waals surface area contributed by atoms with E-state index in [-0.39, 0.29) is 12.3 Å². The Morgan fingerprint density at radius 2 is 1.87 bits per heavy atom. The second-order valence-corrected chi connectivity index (χ2v) is 6.82. The van der Waals surface area contributed by atoms with Gasteiger partial charge in [-0.3, -0.25) is 4.79 Å². The van der Waals surface area contributed by atoms with Gasteiger partial charge in [-0.05, 0) is 30.7 Å². The third-order valence-corrected chi connectivity index (χ3v) is 4.69. The largest absolute Gasteiger partial charge is 0.469 e. The van der Waals surface area contributed by atoms with Crippen LogP contribution in [0.5, 0.6) is 0 Å². The molecule has 0 radical (unpaired) electrons. The Morgan fingerprint density at radius 1 is 1.22 bits per heavy atom. The highest BCUT2D eigenvalue weighted by molar-refractivity contribution is 7.91. The van der Waals surface area contributed by atoms with Crippen LogP contribution < -0.4 is 5.32 Å². The molecule has 1 N–H and O–H groups in total. The molecule has 0 unspecified atom stereocenters. The molecule has 0 fully saturated rings. The molecule has 0 aliphatic heterocycles. The maximum Gasteiger partial charge on any atom is 0.341 e. The molecule has 0 aliphatic carbocycles. The molecule has 124 valence electrons. The highest BCUT2D eigenvalue weighted by Crippen LogP contribution is 2.18. The van der Waals surface area contributed by atoms with Crippen molar-refractivity contribution in [3.63, 3.8) is 0 Å². The molecule has 0 saturated heterocycles. The van der Waals surface area contributed by atoms with Crippen molar-refractivity contribution in [2.75, 3.05) is 0 Å². The SMILES string of the molecule is Cc1occc1CNC(=O)Cc1ccc(S(=O)(=O)C(F)F)cc1. The van der Waals surface area contributed by atoms with Crippen molar-refractivity contribution >= 4 is 15.7 Å². The molecule has 0 spiro atoms. The lowest BCUT2D eigenvalue weighted by atomic mass is 10.1. The van der Waals surface area contributed by atoms with E-state index in [1.807, 2.05) is 0 Å². The van der Waals surface area contributed by atoms with Crippen LogP contribution in [-0.4, -0.2) is 20.1 Å². The van der Waals surface area contributed by atoms with Crippen LogP contribution in [0.1, 0.15) is 16.9 Å². The number of rotatable bonds is 6. The molecule has 0 saturated carbocycles. The van der Waals surface area contributed by atoms with Crippen LogP contribution in [0.15, 0.2) is 45.9 Å². The number of halogens is 2. The molecule has 2 aromatic rings. The first-order valence-electron chi connectivity index (χ1n) is 6.71. The van der Waals surface area contributed by atoms with Crippen LogP contribution in [0.4, 0.5) is 8.78 Å². The summed E-state index contributed by atoms with van der Waals surface area (Å²) in [5.41, 5.74) is 1.39. The van der Waals surface area contributed by atoms with E-state index < -0.39 is 20.5 Å². The molecule has 0 atom stereocenters. The van der Waals surface area contributed by atoms with Gasteiger partial charge in [0.25, 0.3) is 0 Å². The van der Waals surface area contributed by atoms with E-state index in [1.165, 1.54) is 18.4 Å². The molecule has 1 amide bonds. The van der Waals surface area contributed by atoms with Crippen molar-refractivity contribution in [1.82, 2.24) is 5.32 Å². The Kier molecular flexibility index (Phi) is 5.15. The molecule has 0 bridgehead atoms. The summed E-state index contributed by atoms with van der Waals surface area (Å²) in [5.74, 6) is -3.02. The first kappa shape index (κ1) is 17.1. The minimum Gasteiger partial charge on any atom is -0.469 e. The van der Waals surface area contributed by atoms with Crippen molar-refractivity contribution < 1.29 is 26.4 Å². The number of hydrogen-bond donors (Lipinski definition) is 1. The van der Waals surface area contributed by atoms with Gasteiger partial charge in [0.1, 0.15) is 5.76 Å². The summed E-state index contributed by atoms with van der Waals surface area (Å²) in [6.45, 7) is 2.10. The molecule has 0 aliphatic rings. The summed E-state index contributed by atoms with van der Waals surface area (Å²) in [4.78, 5) is 11.4. The fourth-order valence-electron chi connectivity index (χ4n) is 1.94. The number of amides is 1. The summed E-state index contributed by atoms with van der Waals surface area (Å²) in [6.07, 6.45) is 1.55. The molecular formula is C15H15F2NO4S. The van der Waals surface area contributed by atoms with Gasteiger partial charge in [0.05, 0.1) is 17.6 Å². The van der Waals surface area contributed by atoms with E-state index in [0.717, 1.165) is 17.7 Å². The first-order valence-corrected chi connectivity index (χ1v) is 8.26. The molecule has 1 heterocycles. The molecule has 8 heteroatoms. The number of carbonyl (C=O) groups is 1. The fraction of sp³-hybridized carbons (Fsp3) is 0.267. The topological polar surface area (TPSA) is 76.4 Å². The van der Waals surface area contributed by atoms with Crippen molar-refractivity contribution in [1.29, 1.82) is 0 Å². The summed E-state index contributed by atoms with van der Waals surface area (Å²) in [6, 6.07) is 6.59. The van der Waals surface area contributed by atoms with E-state index in [4.69, 9.17) is 4.42 Å². The molecule has 5 nitrogen and oxygen atoms in total. The third-order valence-electron chi connectivity index (χ3n) is 3.29. The monoisotopic (exact) mass is 343 g/mol. The van der Waals surface area contributed by atoms with Crippen molar-refractivity contribution in [3.8, 4) is 0 Å². The zero-order chi connectivity index (χ0) is 17.0. The van der Waals surface area contributed by atoms with Gasteiger partial charge >= 0.3 is 5.76 Å². The normalized spacial score (nSPS) is 11.7. The van der Waals surface area contributed by atoms with Gasteiger partial charge in [-0.2, -0.15) is 8.78 Å². The number of carbonyl (C=O) groups excluding carboxylic acids is 1. The van der Waals surface area contributed by atoms with Gasteiger partial charge in [-0.1, -0.05) is 12.1 Å². The summed E-state index contributed by atoms with van der Waals surface area (Å²) in [7, 11) is -4.61. The molecule has 2 rings (SSSR count). The standard InChI is InChI=1S/C15H15F2NO4S/c1-10-12(6-7-22-10)9-18-14(19)8-11-2-4-13(5-3-11)23(20,21)15(16)17/h2-7,15H,8-9H2,1H3,(H,18,19). The van der Waals surface area contributed by atoms with Crippen molar-refractivity contribution in [2.24, 2.45) is 0 Å². The van der Waals surface area contributed by atoms with E-state index in [9.17, 15) is 22.0 Å². The van der Waals surface area contributed by atoms with Crippen LogP contribution >= 0.6 is 0 Å². The zero-order valence-corrected chi connectivity index (χ0v) is 13.1. The zero-order valence-electron chi connectivity index (χ0n) is 12.3. The number of aryl methyl sites for hydroxylation is 1. The summed E-state index contributed by atoms with van der Waals surface area (Å²) in [5, 5.41) is 2.70. The van der Waals surface area contributed by atoms with E-state index in [1.54, 1.807) is 13.0 Å². The number of alkyl halides is 2. The average Bonchev–Trinajstić information content (AvgIpc) is 2.91. The minimum atomic E-state index is -4.61. The lowest BCUT2D eigenvalue weighted by Gasteiger charge is -2.06. The fourth-order valence-corrected chi connectivity index (χ4v) is 2.66. The van der Waals surface area contributed by atoms with Crippen LogP contribution in [0, 0.1) is 6.92 Å². The van der Waals surface area contributed by atoms with E-state index in [2.05, 4.69) is 5.32 Å². The number of hydrogen-bond acceptors (Lipinski definition) is 4. The van der Waals surface area contributed by atoms with Gasteiger partial charge in [-0.25, -0.2) is 8.42 Å². The number of nitrogens with one attached hydrogen (secondary N) is 1. The van der Waals surface area contributed by atoms with Gasteiger partial charge in [-0.15, -0.1) is 0 Å². The third kappa shape index (κ3) is 4.16. The predicted octanol–water partition coefficient (Wildman–Crippen LogP) is 2.44. The van der Waals surface area contributed by atoms with Crippen LogP contribution in [0.2, 0.25) is 0 Å². The Balaban J connectivity index is 1.96. The molecule has 1 aromatic carbocycles. The predicted molar refractivity (Wildman–Crippen MR) is 78.6 cm³/mol. The number of benzene rings is 1. The maximum absolute atomic E-state index is 12.4. The Morgan fingerprint density at radius 3 is 2.39 bits per heavy atom. The first-order chi connectivity index (χ1) is 10.8. The maximum atomic E-state index is 12.4. The Hall–Kier alpha value is -2.22. The number of sulfone groups is 1. The Labute approximate surface area is 132 Å². The van der Waals surface area contributed by atoms with E-state index >= 15 is 0 Å². The highest BCUT2D eigenvalue weighted by atomic mass is 32.2. The second-order valence-electron chi connectivity index (χ2n) is 4.91. The van der Waals surface area contributed by atoms with E-state index in [0.29, 0.717) is 17.9 Å². The van der Waals surface area contributed by atoms with Gasteiger partial charge in [0.2, 0.25) is 15.7 Å². The highest BCUT2D eigenvalue weighted by Gasteiger charge is 2.26.